The molecule has 1 saturated heterocycles. The van der Waals surface area contributed by atoms with Gasteiger partial charge in [-0.25, -0.2) is 0 Å². The summed E-state index contributed by atoms with van der Waals surface area (Å²) in [5.41, 5.74) is 0.455. The summed E-state index contributed by atoms with van der Waals surface area (Å²) in [5.74, 6) is -0.902. The molecule has 2 saturated carbocycles. The van der Waals surface area contributed by atoms with E-state index in [4.69, 9.17) is 14.2 Å². The summed E-state index contributed by atoms with van der Waals surface area (Å²) in [6, 6.07) is 6.62. The highest BCUT2D eigenvalue weighted by molar-refractivity contribution is 5.98. The first-order valence-corrected chi connectivity index (χ1v) is 8.13. The van der Waals surface area contributed by atoms with Gasteiger partial charge in [-0.3, -0.25) is 14.4 Å². The van der Waals surface area contributed by atoms with Crippen LogP contribution in [0.3, 0.4) is 0 Å². The van der Waals surface area contributed by atoms with Crippen LogP contribution in [-0.4, -0.2) is 37.5 Å². The molecular formula is C18H18O6. The summed E-state index contributed by atoms with van der Waals surface area (Å²) in [5, 5.41) is 0. The molecule has 24 heavy (non-hydrogen) atoms. The molecule has 1 heterocycles. The summed E-state index contributed by atoms with van der Waals surface area (Å²) >= 11 is 0. The quantitative estimate of drug-likeness (QED) is 0.603. The van der Waals surface area contributed by atoms with E-state index >= 15 is 0 Å². The van der Waals surface area contributed by atoms with E-state index in [1.165, 1.54) is 0 Å². The van der Waals surface area contributed by atoms with Crippen LogP contribution < -0.4 is 4.74 Å². The Morgan fingerprint density at radius 2 is 1.96 bits per heavy atom. The Bertz CT molecular complexity index is 692. The summed E-state index contributed by atoms with van der Waals surface area (Å²) in [7, 11) is 1.55. The lowest BCUT2D eigenvalue weighted by atomic mass is 9.80. The molecule has 4 rings (SSSR count). The normalized spacial score (nSPS) is 32.5. The van der Waals surface area contributed by atoms with Gasteiger partial charge >= 0.3 is 11.9 Å². The van der Waals surface area contributed by atoms with E-state index in [0.29, 0.717) is 11.3 Å². The van der Waals surface area contributed by atoms with Crippen molar-refractivity contribution in [1.82, 2.24) is 0 Å². The predicted molar refractivity (Wildman–Crippen MR) is 81.4 cm³/mol. The molecule has 3 aliphatic rings. The van der Waals surface area contributed by atoms with Gasteiger partial charge in [-0.1, -0.05) is 0 Å². The van der Waals surface area contributed by atoms with Crippen molar-refractivity contribution >= 4 is 17.7 Å². The van der Waals surface area contributed by atoms with Gasteiger partial charge in [0.25, 0.3) is 0 Å². The molecule has 2 bridgehead atoms. The fourth-order valence-electron chi connectivity index (χ4n) is 4.42. The highest BCUT2D eigenvalue weighted by Gasteiger charge is 2.64. The van der Waals surface area contributed by atoms with Crippen LogP contribution >= 0.6 is 0 Å². The van der Waals surface area contributed by atoms with Crippen molar-refractivity contribution in [1.29, 1.82) is 0 Å². The van der Waals surface area contributed by atoms with Gasteiger partial charge in [0, 0.05) is 11.5 Å². The van der Waals surface area contributed by atoms with Gasteiger partial charge in [-0.2, -0.15) is 0 Å². The Morgan fingerprint density at radius 3 is 2.67 bits per heavy atom. The maximum atomic E-state index is 12.4. The van der Waals surface area contributed by atoms with Gasteiger partial charge in [-0.15, -0.1) is 0 Å². The zero-order valence-corrected chi connectivity index (χ0v) is 13.3. The minimum atomic E-state index is -0.454. The van der Waals surface area contributed by atoms with Crippen LogP contribution in [-0.2, 0) is 19.1 Å². The van der Waals surface area contributed by atoms with Crippen molar-refractivity contribution < 1.29 is 28.6 Å². The zero-order valence-electron chi connectivity index (χ0n) is 13.3. The maximum Gasteiger partial charge on any atom is 0.310 e. The minimum absolute atomic E-state index is 0.0162. The molecule has 0 radical (unpaired) electrons. The minimum Gasteiger partial charge on any atom is -0.497 e. The number of esters is 2. The van der Waals surface area contributed by atoms with E-state index in [9.17, 15) is 14.4 Å². The highest BCUT2D eigenvalue weighted by Crippen LogP contribution is 2.57. The van der Waals surface area contributed by atoms with Gasteiger partial charge < -0.3 is 14.2 Å². The highest BCUT2D eigenvalue weighted by atomic mass is 16.6. The number of methoxy groups -OCH3 is 1. The van der Waals surface area contributed by atoms with E-state index < -0.39 is 11.9 Å². The van der Waals surface area contributed by atoms with Crippen molar-refractivity contribution in [2.24, 2.45) is 23.7 Å². The summed E-state index contributed by atoms with van der Waals surface area (Å²) in [6.07, 6.45) is 1.56. The second-order valence-electron chi connectivity index (χ2n) is 6.68. The van der Waals surface area contributed by atoms with Crippen LogP contribution in [0.2, 0.25) is 0 Å². The zero-order chi connectivity index (χ0) is 16.8. The summed E-state index contributed by atoms with van der Waals surface area (Å²) in [4.78, 5) is 36.5. The first-order chi connectivity index (χ1) is 11.6. The molecule has 1 aliphatic heterocycles. The molecule has 1 aromatic rings. The smallest absolute Gasteiger partial charge is 0.310 e. The van der Waals surface area contributed by atoms with E-state index in [1.54, 1.807) is 31.4 Å². The Morgan fingerprint density at radius 1 is 1.21 bits per heavy atom. The molecule has 0 unspecified atom stereocenters. The van der Waals surface area contributed by atoms with Crippen molar-refractivity contribution in [2.75, 3.05) is 13.7 Å². The lowest BCUT2D eigenvalue weighted by Gasteiger charge is -2.22. The SMILES string of the molecule is COc1ccc(C(=O)COC(=O)[C@H]2[C@@H]3C[C@H]4[C@@H]2C(=O)O[C@@H]4C3)cc1. The number of rotatable bonds is 5. The Kier molecular flexibility index (Phi) is 3.55. The van der Waals surface area contributed by atoms with Crippen LogP contribution in [0.25, 0.3) is 0 Å². The standard InChI is InChI=1S/C18H18O6/c1-22-11-4-2-9(3-5-11)13(19)8-23-17(20)15-10-6-12-14(7-10)24-18(21)16(12)15/h2-5,10,12,14-16H,6-8H2,1H3/t10-,12-,14-,15+,16+/m1/s1. The topological polar surface area (TPSA) is 78.9 Å². The second kappa shape index (κ2) is 5.61. The van der Waals surface area contributed by atoms with Crippen LogP contribution in [0.1, 0.15) is 23.2 Å². The maximum absolute atomic E-state index is 12.4. The van der Waals surface area contributed by atoms with E-state index in [0.717, 1.165) is 12.8 Å². The van der Waals surface area contributed by atoms with Crippen LogP contribution in [0.4, 0.5) is 0 Å². The summed E-state index contributed by atoms with van der Waals surface area (Å²) < 4.78 is 15.6. The molecule has 6 nitrogen and oxygen atoms in total. The first-order valence-electron chi connectivity index (χ1n) is 8.13. The number of hydrogen-bond acceptors (Lipinski definition) is 6. The Hall–Kier alpha value is -2.37. The number of benzene rings is 1. The van der Waals surface area contributed by atoms with Crippen molar-refractivity contribution in [3.05, 3.63) is 29.8 Å². The van der Waals surface area contributed by atoms with E-state index in [-0.39, 0.29) is 42.2 Å². The summed E-state index contributed by atoms with van der Waals surface area (Å²) in [6.45, 7) is -0.315. The van der Waals surface area contributed by atoms with Crippen molar-refractivity contribution in [2.45, 2.75) is 18.9 Å². The lowest BCUT2D eigenvalue weighted by Crippen LogP contribution is -2.34. The number of carbonyl (C=O) groups excluding carboxylic acids is 3. The van der Waals surface area contributed by atoms with Crippen LogP contribution in [0, 0.1) is 23.7 Å². The van der Waals surface area contributed by atoms with Gasteiger partial charge in [0.1, 0.15) is 11.9 Å². The number of Topliss-reactive ketones (excluding diaryl/α,β-unsaturated/α-hetero) is 1. The molecule has 1 aromatic carbocycles. The number of ether oxygens (including phenoxy) is 3. The molecule has 2 aliphatic carbocycles. The second-order valence-corrected chi connectivity index (χ2v) is 6.68. The van der Waals surface area contributed by atoms with Gasteiger partial charge in [0.2, 0.25) is 0 Å². The molecular weight excluding hydrogens is 312 g/mol. The lowest BCUT2D eigenvalue weighted by molar-refractivity contribution is -0.154. The van der Waals surface area contributed by atoms with Crippen LogP contribution in [0.15, 0.2) is 24.3 Å². The third-order valence-electron chi connectivity index (χ3n) is 5.51. The fourth-order valence-corrected chi connectivity index (χ4v) is 4.42. The van der Waals surface area contributed by atoms with E-state index in [2.05, 4.69) is 0 Å². The molecule has 6 heteroatoms. The predicted octanol–water partition coefficient (Wildman–Crippen LogP) is 1.62. The largest absolute Gasteiger partial charge is 0.497 e. The number of carbonyl (C=O) groups is 3. The van der Waals surface area contributed by atoms with E-state index in [1.807, 2.05) is 0 Å². The fraction of sp³-hybridized carbons (Fsp3) is 0.500. The third kappa shape index (κ3) is 2.28. The first kappa shape index (κ1) is 15.2. The van der Waals surface area contributed by atoms with Gasteiger partial charge in [0.05, 0.1) is 18.9 Å². The monoisotopic (exact) mass is 330 g/mol. The molecule has 0 N–H and O–H groups in total. The molecule has 5 atom stereocenters. The Balaban J connectivity index is 1.38. The van der Waals surface area contributed by atoms with Crippen molar-refractivity contribution in [3.8, 4) is 5.75 Å². The van der Waals surface area contributed by atoms with Gasteiger partial charge in [-0.05, 0) is 43.0 Å². The number of ketones is 1. The third-order valence-corrected chi connectivity index (χ3v) is 5.51. The molecule has 0 spiro atoms. The average molecular weight is 330 g/mol. The average Bonchev–Trinajstić information content (AvgIpc) is 3.21. The number of fused-ring (bicyclic) bond motifs is 1. The molecule has 3 fully saturated rings. The van der Waals surface area contributed by atoms with Crippen molar-refractivity contribution in [3.63, 3.8) is 0 Å². The molecule has 0 amide bonds. The molecule has 126 valence electrons. The van der Waals surface area contributed by atoms with Gasteiger partial charge in [0.15, 0.2) is 12.4 Å². The Labute approximate surface area is 139 Å². The number of hydrogen-bond donors (Lipinski definition) is 0. The van der Waals surface area contributed by atoms with Crippen LogP contribution in [0.5, 0.6) is 5.75 Å². The molecule has 0 aromatic heterocycles.